The van der Waals surface area contributed by atoms with E-state index in [1.54, 1.807) is 0 Å². The van der Waals surface area contributed by atoms with Gasteiger partial charge in [0.05, 0.1) is 13.0 Å². The molecule has 0 aliphatic carbocycles. The van der Waals surface area contributed by atoms with Gasteiger partial charge in [0.1, 0.15) is 0 Å². The molecule has 0 radical (unpaired) electrons. The third-order valence-corrected chi connectivity index (χ3v) is 2.32. The van der Waals surface area contributed by atoms with Crippen molar-refractivity contribution in [1.82, 2.24) is 5.32 Å². The summed E-state index contributed by atoms with van der Waals surface area (Å²) >= 11 is 0. The van der Waals surface area contributed by atoms with Gasteiger partial charge in [-0.1, -0.05) is 20.3 Å². The van der Waals surface area contributed by atoms with Crippen LogP contribution < -0.4 is 5.32 Å². The Balaban J connectivity index is 3.68. The predicted molar refractivity (Wildman–Crippen MR) is 53.6 cm³/mol. The van der Waals surface area contributed by atoms with Gasteiger partial charge in [-0.3, -0.25) is 4.79 Å². The van der Waals surface area contributed by atoms with Crippen molar-refractivity contribution in [2.75, 3.05) is 13.7 Å². The maximum Gasteiger partial charge on any atom is 0.309 e. The van der Waals surface area contributed by atoms with E-state index in [1.807, 2.05) is 13.8 Å². The highest BCUT2D eigenvalue weighted by Crippen LogP contribution is 2.04. The Morgan fingerprint density at radius 1 is 1.46 bits per heavy atom. The molecule has 1 N–H and O–H groups in total. The fourth-order valence-electron chi connectivity index (χ4n) is 1.07. The van der Waals surface area contributed by atoms with Crippen LogP contribution in [0.2, 0.25) is 0 Å². The summed E-state index contributed by atoms with van der Waals surface area (Å²) in [6, 6.07) is 0.194. The molecule has 3 nitrogen and oxygen atoms in total. The first-order valence-corrected chi connectivity index (χ1v) is 4.94. The van der Waals surface area contributed by atoms with E-state index in [0.717, 1.165) is 13.0 Å². The summed E-state index contributed by atoms with van der Waals surface area (Å²) in [6.45, 7) is 7.02. The molecule has 0 amide bonds. The highest BCUT2D eigenvalue weighted by Gasteiger charge is 2.19. The number of rotatable bonds is 6. The smallest absolute Gasteiger partial charge is 0.309 e. The maximum absolute atomic E-state index is 11.1. The summed E-state index contributed by atoms with van der Waals surface area (Å²) in [5, 5.41) is 3.30. The molecule has 2 atom stereocenters. The molecule has 0 aromatic carbocycles. The first-order valence-electron chi connectivity index (χ1n) is 4.94. The molecule has 0 aromatic rings. The second kappa shape index (κ2) is 6.89. The van der Waals surface area contributed by atoms with E-state index in [2.05, 4.69) is 17.0 Å². The molecule has 0 heterocycles. The van der Waals surface area contributed by atoms with Gasteiger partial charge in [-0.25, -0.2) is 0 Å². The Morgan fingerprint density at radius 3 is 2.54 bits per heavy atom. The average Bonchev–Trinajstić information content (AvgIpc) is 2.15. The lowest BCUT2D eigenvalue weighted by Gasteiger charge is -2.18. The number of hydrogen-bond donors (Lipinski definition) is 1. The molecule has 0 saturated carbocycles. The van der Waals surface area contributed by atoms with Crippen molar-refractivity contribution in [2.24, 2.45) is 5.92 Å². The van der Waals surface area contributed by atoms with Crippen molar-refractivity contribution >= 4 is 5.97 Å². The van der Waals surface area contributed by atoms with Crippen molar-refractivity contribution in [1.29, 1.82) is 0 Å². The zero-order chi connectivity index (χ0) is 10.3. The van der Waals surface area contributed by atoms with Crippen LogP contribution in [-0.2, 0) is 9.53 Å². The fraction of sp³-hybridized carbons (Fsp3) is 0.900. The van der Waals surface area contributed by atoms with E-state index < -0.39 is 0 Å². The lowest BCUT2D eigenvalue weighted by molar-refractivity contribution is -0.145. The van der Waals surface area contributed by atoms with Gasteiger partial charge in [-0.15, -0.1) is 0 Å². The van der Waals surface area contributed by atoms with Crippen LogP contribution in [0.3, 0.4) is 0 Å². The molecule has 0 saturated heterocycles. The highest BCUT2D eigenvalue weighted by atomic mass is 16.5. The molecule has 0 rings (SSSR count). The van der Waals surface area contributed by atoms with E-state index in [-0.39, 0.29) is 17.9 Å². The molecular weight excluding hydrogens is 166 g/mol. The number of esters is 1. The summed E-state index contributed by atoms with van der Waals surface area (Å²) in [7, 11) is 1.43. The Kier molecular flexibility index (Phi) is 6.59. The summed E-state index contributed by atoms with van der Waals surface area (Å²) in [5.74, 6) is -0.210. The second-order valence-electron chi connectivity index (χ2n) is 3.41. The molecule has 3 heteroatoms. The van der Waals surface area contributed by atoms with Crippen LogP contribution in [0.25, 0.3) is 0 Å². The van der Waals surface area contributed by atoms with Crippen LogP contribution in [0.5, 0.6) is 0 Å². The molecule has 0 spiro atoms. The summed E-state index contributed by atoms with van der Waals surface area (Å²) in [4.78, 5) is 11.1. The number of nitrogens with one attached hydrogen (secondary N) is 1. The van der Waals surface area contributed by atoms with Crippen molar-refractivity contribution in [3.63, 3.8) is 0 Å². The lowest BCUT2D eigenvalue weighted by atomic mass is 10.0. The normalized spacial score (nSPS) is 15.1. The van der Waals surface area contributed by atoms with Gasteiger partial charge in [-0.2, -0.15) is 0 Å². The maximum atomic E-state index is 11.1. The van der Waals surface area contributed by atoms with E-state index in [9.17, 15) is 4.79 Å². The van der Waals surface area contributed by atoms with Gasteiger partial charge in [0.2, 0.25) is 0 Å². The standard InChI is InChI=1S/C10H21NO2/c1-5-6-7-11-9(3)8(2)10(12)13-4/h8-9,11H,5-7H2,1-4H3. The Morgan fingerprint density at radius 2 is 2.08 bits per heavy atom. The third-order valence-electron chi connectivity index (χ3n) is 2.32. The van der Waals surface area contributed by atoms with Crippen molar-refractivity contribution in [3.05, 3.63) is 0 Å². The van der Waals surface area contributed by atoms with Gasteiger partial charge < -0.3 is 10.1 Å². The zero-order valence-corrected chi connectivity index (χ0v) is 9.09. The molecule has 13 heavy (non-hydrogen) atoms. The lowest BCUT2D eigenvalue weighted by Crippen LogP contribution is -2.37. The van der Waals surface area contributed by atoms with Gasteiger partial charge >= 0.3 is 5.97 Å². The number of methoxy groups -OCH3 is 1. The van der Waals surface area contributed by atoms with Crippen LogP contribution in [0, 0.1) is 5.92 Å². The van der Waals surface area contributed by atoms with Crippen molar-refractivity contribution in [2.45, 2.75) is 39.7 Å². The molecule has 78 valence electrons. The minimum atomic E-state index is -0.142. The summed E-state index contributed by atoms with van der Waals surface area (Å²) in [6.07, 6.45) is 2.32. The first kappa shape index (κ1) is 12.4. The molecule has 0 aliphatic heterocycles. The van der Waals surface area contributed by atoms with E-state index in [4.69, 9.17) is 0 Å². The number of hydrogen-bond acceptors (Lipinski definition) is 3. The SMILES string of the molecule is CCCCNC(C)C(C)C(=O)OC. The third kappa shape index (κ3) is 4.88. The molecular formula is C10H21NO2. The second-order valence-corrected chi connectivity index (χ2v) is 3.41. The Hall–Kier alpha value is -0.570. The fourth-order valence-corrected chi connectivity index (χ4v) is 1.07. The van der Waals surface area contributed by atoms with Crippen LogP contribution in [-0.4, -0.2) is 25.7 Å². The van der Waals surface area contributed by atoms with Crippen molar-refractivity contribution < 1.29 is 9.53 Å². The predicted octanol–water partition coefficient (Wildman–Crippen LogP) is 1.57. The summed E-state index contributed by atoms with van der Waals surface area (Å²) in [5.41, 5.74) is 0. The number of carbonyl (C=O) groups excluding carboxylic acids is 1. The molecule has 0 bridgehead atoms. The number of unbranched alkanes of at least 4 members (excludes halogenated alkanes) is 1. The first-order chi connectivity index (χ1) is 6.13. The van der Waals surface area contributed by atoms with Crippen LogP contribution in [0.15, 0.2) is 0 Å². The van der Waals surface area contributed by atoms with E-state index >= 15 is 0 Å². The van der Waals surface area contributed by atoms with Crippen LogP contribution in [0.1, 0.15) is 33.6 Å². The van der Waals surface area contributed by atoms with Gasteiger partial charge in [0.25, 0.3) is 0 Å². The summed E-state index contributed by atoms with van der Waals surface area (Å²) < 4.78 is 4.66. The average molecular weight is 187 g/mol. The van der Waals surface area contributed by atoms with E-state index in [0.29, 0.717) is 0 Å². The highest BCUT2D eigenvalue weighted by molar-refractivity contribution is 5.72. The quantitative estimate of drug-likeness (QED) is 0.507. The van der Waals surface area contributed by atoms with Crippen LogP contribution in [0.4, 0.5) is 0 Å². The van der Waals surface area contributed by atoms with Gasteiger partial charge in [0.15, 0.2) is 0 Å². The van der Waals surface area contributed by atoms with E-state index in [1.165, 1.54) is 13.5 Å². The minimum Gasteiger partial charge on any atom is -0.469 e. The topological polar surface area (TPSA) is 38.3 Å². The Labute approximate surface area is 80.8 Å². The molecule has 0 fully saturated rings. The molecule has 0 aliphatic rings. The Bertz CT molecular complexity index is 148. The largest absolute Gasteiger partial charge is 0.469 e. The van der Waals surface area contributed by atoms with Gasteiger partial charge in [-0.05, 0) is 19.9 Å². The van der Waals surface area contributed by atoms with Crippen molar-refractivity contribution in [3.8, 4) is 0 Å². The number of carbonyl (C=O) groups is 1. The number of ether oxygens (including phenoxy) is 1. The minimum absolute atomic E-state index is 0.0677. The molecule has 2 unspecified atom stereocenters. The zero-order valence-electron chi connectivity index (χ0n) is 9.09. The van der Waals surface area contributed by atoms with Gasteiger partial charge in [0, 0.05) is 6.04 Å². The molecule has 0 aromatic heterocycles. The van der Waals surface area contributed by atoms with Crippen LogP contribution >= 0.6 is 0 Å². The monoisotopic (exact) mass is 187 g/mol.